The summed E-state index contributed by atoms with van der Waals surface area (Å²) in [7, 11) is 0. The first-order chi connectivity index (χ1) is 11.0. The van der Waals surface area contributed by atoms with E-state index in [0.717, 1.165) is 6.42 Å². The van der Waals surface area contributed by atoms with Crippen molar-refractivity contribution in [1.29, 1.82) is 0 Å². The van der Waals surface area contributed by atoms with Crippen molar-refractivity contribution in [3.05, 3.63) is 35.9 Å². The van der Waals surface area contributed by atoms with Crippen LogP contribution in [-0.4, -0.2) is 29.2 Å². The van der Waals surface area contributed by atoms with Crippen LogP contribution in [0.1, 0.15) is 39.2 Å². The summed E-state index contributed by atoms with van der Waals surface area (Å²) in [6.07, 6.45) is 1.29. The minimum Gasteiger partial charge on any atom is -0.380 e. The summed E-state index contributed by atoms with van der Waals surface area (Å²) in [5.74, 6) is 10.6. The molecule has 0 radical (unpaired) electrons. The number of rotatable bonds is 4. The molecule has 1 N–H and O–H groups in total. The summed E-state index contributed by atoms with van der Waals surface area (Å²) in [5.41, 5.74) is 1.22. The van der Waals surface area contributed by atoms with E-state index in [0.29, 0.717) is 12.8 Å². The van der Waals surface area contributed by atoms with Crippen LogP contribution < -0.4 is 0 Å². The molecule has 1 aromatic rings. The molecular weight excluding hydrogens is 288 g/mol. The van der Waals surface area contributed by atoms with Crippen LogP contribution in [0.2, 0.25) is 0 Å². The fraction of sp³-hybridized carbons (Fsp3) is 0.500. The van der Waals surface area contributed by atoms with Gasteiger partial charge in [-0.05, 0) is 37.7 Å². The van der Waals surface area contributed by atoms with Gasteiger partial charge in [0.05, 0.1) is 12.2 Å². The largest absolute Gasteiger partial charge is 0.380 e. The molecule has 0 amide bonds. The Morgan fingerprint density at radius 1 is 1.13 bits per heavy atom. The van der Waals surface area contributed by atoms with Crippen LogP contribution in [0, 0.1) is 23.7 Å². The highest BCUT2D eigenvalue weighted by Crippen LogP contribution is 2.31. The normalized spacial score (nSPS) is 23.3. The van der Waals surface area contributed by atoms with Crippen molar-refractivity contribution in [2.45, 2.75) is 64.1 Å². The lowest BCUT2D eigenvalue weighted by atomic mass is 10.0. The first kappa shape index (κ1) is 17.6. The molecule has 3 heteroatoms. The third-order valence-electron chi connectivity index (χ3n) is 3.64. The molecule has 0 saturated carbocycles. The Bertz CT molecular complexity index is 613. The maximum absolute atomic E-state index is 9.36. The van der Waals surface area contributed by atoms with Crippen molar-refractivity contribution < 1.29 is 14.6 Å². The predicted octanol–water partition coefficient (Wildman–Crippen LogP) is 2.92. The van der Waals surface area contributed by atoms with Gasteiger partial charge in [-0.2, -0.15) is 0 Å². The van der Waals surface area contributed by atoms with Crippen LogP contribution in [-0.2, 0) is 15.9 Å². The molecule has 0 spiro atoms. The maximum atomic E-state index is 9.36. The first-order valence-electron chi connectivity index (χ1n) is 8.06. The van der Waals surface area contributed by atoms with Gasteiger partial charge >= 0.3 is 0 Å². The lowest BCUT2D eigenvalue weighted by molar-refractivity contribution is -0.145. The summed E-state index contributed by atoms with van der Waals surface area (Å²) >= 11 is 0. The SMILES string of the molecule is CC[C@@H](O)C#CC#CC[C@@H]1OC(C)(C)O[C@H]1Cc1ccccc1. The van der Waals surface area contributed by atoms with E-state index in [1.165, 1.54) is 5.56 Å². The third kappa shape index (κ3) is 5.73. The number of aliphatic hydroxyl groups excluding tert-OH is 1. The molecule has 1 aliphatic heterocycles. The monoisotopic (exact) mass is 312 g/mol. The van der Waals surface area contributed by atoms with E-state index in [1.54, 1.807) is 0 Å². The molecule has 2 rings (SSSR count). The summed E-state index contributed by atoms with van der Waals surface area (Å²) in [6, 6.07) is 10.2. The number of benzene rings is 1. The van der Waals surface area contributed by atoms with E-state index in [9.17, 15) is 5.11 Å². The number of hydrogen-bond acceptors (Lipinski definition) is 3. The molecule has 1 aliphatic rings. The van der Waals surface area contributed by atoms with Crippen molar-refractivity contribution in [3.8, 4) is 23.7 Å². The summed E-state index contributed by atoms with van der Waals surface area (Å²) < 4.78 is 12.0. The van der Waals surface area contributed by atoms with Crippen LogP contribution >= 0.6 is 0 Å². The summed E-state index contributed by atoms with van der Waals surface area (Å²) in [6.45, 7) is 5.73. The molecule has 3 nitrogen and oxygen atoms in total. The van der Waals surface area contributed by atoms with Gasteiger partial charge in [0.25, 0.3) is 0 Å². The van der Waals surface area contributed by atoms with E-state index in [4.69, 9.17) is 9.47 Å². The molecule has 1 aromatic carbocycles. The molecule has 0 aliphatic carbocycles. The zero-order valence-electron chi connectivity index (χ0n) is 14.0. The topological polar surface area (TPSA) is 38.7 Å². The molecule has 1 heterocycles. The van der Waals surface area contributed by atoms with Crippen molar-refractivity contribution >= 4 is 0 Å². The van der Waals surface area contributed by atoms with E-state index < -0.39 is 11.9 Å². The quantitative estimate of drug-likeness (QED) is 0.869. The lowest BCUT2D eigenvalue weighted by Crippen LogP contribution is -2.24. The molecule has 23 heavy (non-hydrogen) atoms. The lowest BCUT2D eigenvalue weighted by Gasteiger charge is -2.16. The number of hydrogen-bond donors (Lipinski definition) is 1. The highest BCUT2D eigenvalue weighted by molar-refractivity contribution is 5.27. The molecular formula is C20H24O3. The van der Waals surface area contributed by atoms with Crippen LogP contribution in [0.4, 0.5) is 0 Å². The van der Waals surface area contributed by atoms with Gasteiger partial charge in [-0.15, -0.1) is 0 Å². The smallest absolute Gasteiger partial charge is 0.163 e. The molecule has 0 unspecified atom stereocenters. The minimum atomic E-state index is -0.597. The Morgan fingerprint density at radius 3 is 2.52 bits per heavy atom. The molecule has 0 bridgehead atoms. The second kappa shape index (κ2) is 8.18. The van der Waals surface area contributed by atoms with Crippen molar-refractivity contribution in [2.24, 2.45) is 0 Å². The Labute approximate surface area is 139 Å². The van der Waals surface area contributed by atoms with Gasteiger partial charge in [0.2, 0.25) is 0 Å². The van der Waals surface area contributed by atoms with Crippen LogP contribution in [0.5, 0.6) is 0 Å². The van der Waals surface area contributed by atoms with Crippen molar-refractivity contribution in [1.82, 2.24) is 0 Å². The standard InChI is InChI=1S/C20H24O3/c1-4-17(21)13-9-6-10-14-18-19(23-20(2,3)22-18)15-16-11-7-5-8-12-16/h5,7-8,11-12,17-19,21H,4,14-15H2,1-3H3/t17-,18+,19+/m1/s1. The van der Waals surface area contributed by atoms with Crippen LogP contribution in [0.25, 0.3) is 0 Å². The molecule has 1 fully saturated rings. The van der Waals surface area contributed by atoms with Crippen LogP contribution in [0.15, 0.2) is 30.3 Å². The van der Waals surface area contributed by atoms with E-state index in [-0.39, 0.29) is 12.2 Å². The maximum Gasteiger partial charge on any atom is 0.163 e. The zero-order valence-corrected chi connectivity index (χ0v) is 14.0. The predicted molar refractivity (Wildman–Crippen MR) is 90.4 cm³/mol. The fourth-order valence-corrected chi connectivity index (χ4v) is 2.52. The summed E-state index contributed by atoms with van der Waals surface area (Å²) in [5, 5.41) is 9.36. The van der Waals surface area contributed by atoms with E-state index in [1.807, 2.05) is 39.0 Å². The second-order valence-corrected chi connectivity index (χ2v) is 6.10. The Kier molecular flexibility index (Phi) is 6.25. The highest BCUT2D eigenvalue weighted by atomic mass is 16.7. The molecule has 3 atom stereocenters. The Balaban J connectivity index is 1.97. The van der Waals surface area contributed by atoms with Gasteiger partial charge in [0.15, 0.2) is 5.79 Å². The van der Waals surface area contributed by atoms with Gasteiger partial charge < -0.3 is 14.6 Å². The van der Waals surface area contributed by atoms with E-state index in [2.05, 4.69) is 35.8 Å². The van der Waals surface area contributed by atoms with Gasteiger partial charge in [-0.25, -0.2) is 0 Å². The molecule has 0 aromatic heterocycles. The average Bonchev–Trinajstić information content (AvgIpc) is 2.81. The summed E-state index contributed by atoms with van der Waals surface area (Å²) in [4.78, 5) is 0. The zero-order chi connectivity index (χ0) is 16.7. The number of ether oxygens (including phenoxy) is 2. The van der Waals surface area contributed by atoms with Crippen molar-refractivity contribution in [3.63, 3.8) is 0 Å². The van der Waals surface area contributed by atoms with Gasteiger partial charge in [0, 0.05) is 12.8 Å². The van der Waals surface area contributed by atoms with Crippen LogP contribution in [0.3, 0.4) is 0 Å². The molecule has 1 saturated heterocycles. The fourth-order valence-electron chi connectivity index (χ4n) is 2.52. The molecule has 122 valence electrons. The van der Waals surface area contributed by atoms with Gasteiger partial charge in [0.1, 0.15) is 6.10 Å². The Morgan fingerprint density at radius 2 is 1.83 bits per heavy atom. The number of aliphatic hydroxyl groups is 1. The Hall–Kier alpha value is -1.78. The highest BCUT2D eigenvalue weighted by Gasteiger charge is 2.40. The third-order valence-corrected chi connectivity index (χ3v) is 3.64. The first-order valence-corrected chi connectivity index (χ1v) is 8.06. The average molecular weight is 312 g/mol. The van der Waals surface area contributed by atoms with Crippen molar-refractivity contribution in [2.75, 3.05) is 0 Å². The van der Waals surface area contributed by atoms with E-state index >= 15 is 0 Å². The second-order valence-electron chi connectivity index (χ2n) is 6.10. The van der Waals surface area contributed by atoms with Gasteiger partial charge in [-0.1, -0.05) is 49.1 Å². The minimum absolute atomic E-state index is 0.0177. The van der Waals surface area contributed by atoms with Gasteiger partial charge in [-0.3, -0.25) is 0 Å².